The number of amides is 1. The molecule has 0 aliphatic carbocycles. The third-order valence-corrected chi connectivity index (χ3v) is 4.55. The van der Waals surface area contributed by atoms with Crippen LogP contribution in [-0.4, -0.2) is 66.1 Å². The molecule has 0 spiro atoms. The molecule has 1 aromatic rings. The minimum absolute atomic E-state index is 0.00791. The molecule has 0 radical (unpaired) electrons. The maximum atomic E-state index is 13.0. The normalized spacial score (nSPS) is 15.4. The van der Waals surface area contributed by atoms with E-state index in [4.69, 9.17) is 4.74 Å². The van der Waals surface area contributed by atoms with Gasteiger partial charge in [-0.15, -0.1) is 6.58 Å². The summed E-state index contributed by atoms with van der Waals surface area (Å²) in [6.45, 7) is 13.1. The molecule has 1 aliphatic heterocycles. The standard InChI is InChI=1S/C18H27N3O3/c1-6-8-21-14(4)15(13(3)16(21)18(23)24-7-2)17(22)20-11-9-19(5)10-12-20/h6H,1,7-12H2,2-5H3. The van der Waals surface area contributed by atoms with Gasteiger partial charge in [0.05, 0.1) is 12.2 Å². The summed E-state index contributed by atoms with van der Waals surface area (Å²) in [7, 11) is 2.05. The Balaban J connectivity index is 2.42. The van der Waals surface area contributed by atoms with E-state index >= 15 is 0 Å². The summed E-state index contributed by atoms with van der Waals surface area (Å²) in [4.78, 5) is 29.4. The van der Waals surface area contributed by atoms with E-state index in [1.54, 1.807) is 13.0 Å². The fraction of sp³-hybridized carbons (Fsp3) is 0.556. The number of allylic oxidation sites excluding steroid dienone is 1. The zero-order valence-electron chi connectivity index (χ0n) is 15.1. The minimum Gasteiger partial charge on any atom is -0.461 e. The summed E-state index contributed by atoms with van der Waals surface area (Å²) in [5, 5.41) is 0. The van der Waals surface area contributed by atoms with Crippen LogP contribution in [0, 0.1) is 13.8 Å². The molecule has 2 heterocycles. The van der Waals surface area contributed by atoms with Gasteiger partial charge in [0.15, 0.2) is 0 Å². The Morgan fingerprint density at radius 3 is 2.38 bits per heavy atom. The lowest BCUT2D eigenvalue weighted by atomic mass is 10.1. The lowest BCUT2D eigenvalue weighted by Crippen LogP contribution is -2.47. The number of likely N-dealkylation sites (N-methyl/N-ethyl adjacent to an activating group) is 1. The molecule has 0 unspecified atom stereocenters. The van der Waals surface area contributed by atoms with Gasteiger partial charge in [-0.05, 0) is 33.4 Å². The molecule has 0 aromatic carbocycles. The highest BCUT2D eigenvalue weighted by atomic mass is 16.5. The predicted octanol–water partition coefficient (Wildman–Crippen LogP) is 1.86. The summed E-state index contributed by atoms with van der Waals surface area (Å²) in [5.41, 5.74) is 2.55. The first kappa shape index (κ1) is 18.3. The summed E-state index contributed by atoms with van der Waals surface area (Å²) in [6, 6.07) is 0. The molecule has 0 saturated carbocycles. The highest BCUT2D eigenvalue weighted by molar-refractivity contribution is 6.01. The average Bonchev–Trinajstić information content (AvgIpc) is 2.79. The van der Waals surface area contributed by atoms with E-state index < -0.39 is 5.97 Å². The second-order valence-electron chi connectivity index (χ2n) is 6.15. The Bertz CT molecular complexity index is 640. The van der Waals surface area contributed by atoms with Crippen molar-refractivity contribution in [2.24, 2.45) is 0 Å². The molecule has 6 nitrogen and oxygen atoms in total. The Kier molecular flexibility index (Phi) is 5.83. The summed E-state index contributed by atoms with van der Waals surface area (Å²) in [6.07, 6.45) is 1.72. The number of carbonyl (C=O) groups excluding carboxylic acids is 2. The van der Waals surface area contributed by atoms with E-state index in [1.165, 1.54) is 0 Å². The van der Waals surface area contributed by atoms with Crippen molar-refractivity contribution in [3.05, 3.63) is 35.2 Å². The van der Waals surface area contributed by atoms with Crippen LogP contribution in [0.5, 0.6) is 0 Å². The zero-order valence-corrected chi connectivity index (χ0v) is 15.1. The van der Waals surface area contributed by atoms with Crippen LogP contribution in [0.1, 0.15) is 39.0 Å². The molecule has 1 fully saturated rings. The van der Waals surface area contributed by atoms with Gasteiger partial charge >= 0.3 is 5.97 Å². The van der Waals surface area contributed by atoms with Gasteiger partial charge in [-0.3, -0.25) is 4.79 Å². The van der Waals surface area contributed by atoms with Crippen molar-refractivity contribution in [1.82, 2.24) is 14.4 Å². The highest BCUT2D eigenvalue weighted by Crippen LogP contribution is 2.25. The molecule has 2 rings (SSSR count). The number of carbonyl (C=O) groups is 2. The molecule has 0 bridgehead atoms. The number of rotatable bonds is 5. The van der Waals surface area contributed by atoms with Gasteiger partial charge in [0.25, 0.3) is 5.91 Å². The number of aromatic nitrogens is 1. The number of nitrogens with zero attached hydrogens (tertiary/aromatic N) is 3. The molecular formula is C18H27N3O3. The van der Waals surface area contributed by atoms with E-state index in [9.17, 15) is 9.59 Å². The van der Waals surface area contributed by atoms with Crippen LogP contribution in [0.2, 0.25) is 0 Å². The van der Waals surface area contributed by atoms with Gasteiger partial charge < -0.3 is 19.1 Å². The van der Waals surface area contributed by atoms with Crippen molar-refractivity contribution in [2.75, 3.05) is 39.8 Å². The lowest BCUT2D eigenvalue weighted by Gasteiger charge is -2.32. The first-order valence-electron chi connectivity index (χ1n) is 8.37. The lowest BCUT2D eigenvalue weighted by molar-refractivity contribution is 0.0513. The first-order valence-corrected chi connectivity index (χ1v) is 8.37. The van der Waals surface area contributed by atoms with Gasteiger partial charge in [0.1, 0.15) is 5.69 Å². The molecular weight excluding hydrogens is 306 g/mol. The van der Waals surface area contributed by atoms with Crippen molar-refractivity contribution in [3.8, 4) is 0 Å². The maximum absolute atomic E-state index is 13.0. The molecule has 24 heavy (non-hydrogen) atoms. The van der Waals surface area contributed by atoms with Gasteiger partial charge in [-0.1, -0.05) is 6.08 Å². The maximum Gasteiger partial charge on any atom is 0.355 e. The number of esters is 1. The zero-order chi connectivity index (χ0) is 17.9. The molecule has 1 aromatic heterocycles. The van der Waals surface area contributed by atoms with Crippen LogP contribution in [0.25, 0.3) is 0 Å². The molecule has 1 amide bonds. The van der Waals surface area contributed by atoms with Crippen molar-refractivity contribution in [1.29, 1.82) is 0 Å². The number of ether oxygens (including phenoxy) is 1. The third-order valence-electron chi connectivity index (χ3n) is 4.55. The van der Waals surface area contributed by atoms with Gasteiger partial charge in [-0.2, -0.15) is 0 Å². The van der Waals surface area contributed by atoms with Crippen LogP contribution in [0.3, 0.4) is 0 Å². The molecule has 1 aliphatic rings. The highest BCUT2D eigenvalue weighted by Gasteiger charge is 2.30. The third kappa shape index (κ3) is 3.38. The largest absolute Gasteiger partial charge is 0.461 e. The first-order chi connectivity index (χ1) is 11.4. The van der Waals surface area contributed by atoms with Crippen molar-refractivity contribution >= 4 is 11.9 Å². The van der Waals surface area contributed by atoms with Crippen molar-refractivity contribution < 1.29 is 14.3 Å². The summed E-state index contributed by atoms with van der Waals surface area (Å²) >= 11 is 0. The van der Waals surface area contributed by atoms with E-state index in [0.717, 1.165) is 18.8 Å². The Labute approximate surface area is 143 Å². The summed E-state index contributed by atoms with van der Waals surface area (Å²) < 4.78 is 7.00. The molecule has 0 atom stereocenters. The Morgan fingerprint density at radius 1 is 1.21 bits per heavy atom. The van der Waals surface area contributed by atoms with Crippen molar-refractivity contribution in [2.45, 2.75) is 27.3 Å². The number of hydrogen-bond donors (Lipinski definition) is 0. The quantitative estimate of drug-likeness (QED) is 0.610. The van der Waals surface area contributed by atoms with Crippen LogP contribution in [0.15, 0.2) is 12.7 Å². The molecule has 1 saturated heterocycles. The van der Waals surface area contributed by atoms with Crippen molar-refractivity contribution in [3.63, 3.8) is 0 Å². The van der Waals surface area contributed by atoms with E-state index in [-0.39, 0.29) is 5.91 Å². The van der Waals surface area contributed by atoms with Gasteiger partial charge in [0.2, 0.25) is 0 Å². The molecule has 6 heteroatoms. The minimum atomic E-state index is -0.391. The molecule has 132 valence electrons. The monoisotopic (exact) mass is 333 g/mol. The van der Waals surface area contributed by atoms with E-state index in [1.807, 2.05) is 23.3 Å². The van der Waals surface area contributed by atoms with E-state index in [2.05, 4.69) is 18.5 Å². The summed E-state index contributed by atoms with van der Waals surface area (Å²) in [5.74, 6) is -0.399. The van der Waals surface area contributed by atoms with Crippen LogP contribution >= 0.6 is 0 Å². The topological polar surface area (TPSA) is 54.8 Å². The Morgan fingerprint density at radius 2 is 1.83 bits per heavy atom. The Hall–Kier alpha value is -2.08. The predicted molar refractivity (Wildman–Crippen MR) is 93.5 cm³/mol. The second-order valence-corrected chi connectivity index (χ2v) is 6.15. The van der Waals surface area contributed by atoms with Crippen LogP contribution in [-0.2, 0) is 11.3 Å². The van der Waals surface area contributed by atoms with E-state index in [0.29, 0.717) is 43.1 Å². The van der Waals surface area contributed by atoms with Gasteiger partial charge in [0, 0.05) is 38.4 Å². The second kappa shape index (κ2) is 7.66. The SMILES string of the molecule is C=CCn1c(C)c(C(=O)N2CCN(C)CC2)c(C)c1C(=O)OCC. The number of piperazine rings is 1. The fourth-order valence-electron chi connectivity index (χ4n) is 3.20. The average molecular weight is 333 g/mol. The molecule has 0 N–H and O–H groups in total. The van der Waals surface area contributed by atoms with Crippen LogP contribution < -0.4 is 0 Å². The smallest absolute Gasteiger partial charge is 0.355 e. The van der Waals surface area contributed by atoms with Crippen LogP contribution in [0.4, 0.5) is 0 Å². The fourth-order valence-corrected chi connectivity index (χ4v) is 3.20. The van der Waals surface area contributed by atoms with Gasteiger partial charge in [-0.25, -0.2) is 4.79 Å². The number of hydrogen-bond acceptors (Lipinski definition) is 4.